The van der Waals surface area contributed by atoms with Gasteiger partial charge >= 0.3 is 0 Å². The largest absolute Gasteiger partial charge is 0.388 e. The Labute approximate surface area is 111 Å². The van der Waals surface area contributed by atoms with Crippen LogP contribution in [-0.2, 0) is 13.0 Å². The fourth-order valence-corrected chi connectivity index (χ4v) is 2.15. The number of aliphatic hydroxyl groups is 1. The molecule has 2 N–H and O–H groups in total. The van der Waals surface area contributed by atoms with Gasteiger partial charge in [-0.25, -0.2) is 0 Å². The third-order valence-electron chi connectivity index (χ3n) is 2.90. The molecule has 0 fully saturated rings. The molecule has 96 valence electrons. The predicted molar refractivity (Wildman–Crippen MR) is 73.3 cm³/mol. The molecule has 0 amide bonds. The Balaban J connectivity index is 2.28. The molecule has 0 aliphatic heterocycles. The number of aromatic amines is 1. The molecule has 0 aliphatic carbocycles. The van der Waals surface area contributed by atoms with Crippen molar-refractivity contribution in [1.29, 1.82) is 0 Å². The summed E-state index contributed by atoms with van der Waals surface area (Å²) in [5, 5.41) is 15.9. The number of unbranched alkanes of at least 4 members (excludes halogenated alkanes) is 1. The number of rotatable bonds is 5. The molecule has 1 heterocycles. The molecule has 0 atom stereocenters. The van der Waals surface area contributed by atoms with Crippen LogP contribution in [0.3, 0.4) is 0 Å². The van der Waals surface area contributed by atoms with Crippen molar-refractivity contribution < 1.29 is 5.11 Å². The minimum Gasteiger partial charge on any atom is -0.388 e. The lowest BCUT2D eigenvalue weighted by Gasteiger charge is -2.06. The van der Waals surface area contributed by atoms with E-state index in [9.17, 15) is 5.11 Å². The second-order valence-electron chi connectivity index (χ2n) is 4.21. The van der Waals surface area contributed by atoms with Crippen LogP contribution in [-0.4, -0.2) is 19.9 Å². The van der Waals surface area contributed by atoms with Crippen LogP contribution in [0.4, 0.5) is 0 Å². The van der Waals surface area contributed by atoms with Crippen molar-refractivity contribution in [3.05, 3.63) is 40.4 Å². The quantitative estimate of drug-likeness (QED) is 0.816. The molecular weight excluding hydrogens is 246 g/mol. The second kappa shape index (κ2) is 5.93. The topological polar surface area (TPSA) is 53.8 Å². The summed E-state index contributed by atoms with van der Waals surface area (Å²) in [5.41, 5.74) is 2.25. The fourth-order valence-electron chi connectivity index (χ4n) is 1.89. The third kappa shape index (κ3) is 2.68. The van der Waals surface area contributed by atoms with Crippen molar-refractivity contribution in [3.8, 4) is 5.69 Å². The zero-order valence-electron chi connectivity index (χ0n) is 10.4. The summed E-state index contributed by atoms with van der Waals surface area (Å²) in [5.74, 6) is 0.529. The summed E-state index contributed by atoms with van der Waals surface area (Å²) in [4.78, 5) is 0. The van der Waals surface area contributed by atoms with Crippen LogP contribution in [0.1, 0.15) is 31.2 Å². The predicted octanol–water partition coefficient (Wildman–Crippen LogP) is 2.76. The Bertz CT molecular complexity index is 556. The SMILES string of the molecule is CCCCc1ccc(-n2c(CO)n[nH]c2=S)cc1. The van der Waals surface area contributed by atoms with Crippen LogP contribution in [0.25, 0.3) is 5.69 Å². The molecule has 18 heavy (non-hydrogen) atoms. The summed E-state index contributed by atoms with van der Waals surface area (Å²) in [6.45, 7) is 2.05. The number of nitrogens with zero attached hydrogens (tertiary/aromatic N) is 2. The molecule has 0 spiro atoms. The lowest BCUT2D eigenvalue weighted by atomic mass is 10.1. The number of hydrogen-bond donors (Lipinski definition) is 2. The van der Waals surface area contributed by atoms with E-state index in [1.54, 1.807) is 4.57 Å². The fraction of sp³-hybridized carbons (Fsp3) is 0.385. The Morgan fingerprint density at radius 2 is 2.06 bits per heavy atom. The summed E-state index contributed by atoms with van der Waals surface area (Å²) < 4.78 is 2.25. The van der Waals surface area contributed by atoms with Gasteiger partial charge in [-0.15, -0.1) is 0 Å². The van der Waals surface area contributed by atoms with Gasteiger partial charge in [0.05, 0.1) is 0 Å². The van der Waals surface area contributed by atoms with Crippen LogP contribution in [0.5, 0.6) is 0 Å². The van der Waals surface area contributed by atoms with E-state index in [-0.39, 0.29) is 6.61 Å². The zero-order chi connectivity index (χ0) is 13.0. The second-order valence-corrected chi connectivity index (χ2v) is 4.60. The van der Waals surface area contributed by atoms with Crippen molar-refractivity contribution in [2.45, 2.75) is 32.8 Å². The summed E-state index contributed by atoms with van der Waals surface area (Å²) in [6.07, 6.45) is 3.50. The molecule has 0 saturated heterocycles. The maximum Gasteiger partial charge on any atom is 0.199 e. The van der Waals surface area contributed by atoms with E-state index in [1.165, 1.54) is 18.4 Å². The lowest BCUT2D eigenvalue weighted by Crippen LogP contribution is -2.01. The van der Waals surface area contributed by atoms with Gasteiger partial charge in [-0.1, -0.05) is 25.5 Å². The summed E-state index contributed by atoms with van der Waals surface area (Å²) in [7, 11) is 0. The first-order chi connectivity index (χ1) is 8.76. The molecule has 0 bridgehead atoms. The van der Waals surface area contributed by atoms with Crippen LogP contribution in [0.2, 0.25) is 0 Å². The first kappa shape index (κ1) is 13.0. The first-order valence-electron chi connectivity index (χ1n) is 6.12. The highest BCUT2D eigenvalue weighted by molar-refractivity contribution is 7.71. The van der Waals surface area contributed by atoms with E-state index in [1.807, 2.05) is 12.1 Å². The van der Waals surface area contributed by atoms with Gasteiger partial charge in [0.25, 0.3) is 0 Å². The normalized spacial score (nSPS) is 10.8. The Morgan fingerprint density at radius 1 is 1.33 bits per heavy atom. The van der Waals surface area contributed by atoms with E-state index in [0.29, 0.717) is 10.6 Å². The summed E-state index contributed by atoms with van der Waals surface area (Å²) in [6, 6.07) is 8.22. The van der Waals surface area contributed by atoms with E-state index in [0.717, 1.165) is 12.1 Å². The van der Waals surface area contributed by atoms with Crippen molar-refractivity contribution >= 4 is 12.2 Å². The molecule has 1 aromatic carbocycles. The molecule has 0 radical (unpaired) electrons. The van der Waals surface area contributed by atoms with Gasteiger partial charge in [0.1, 0.15) is 6.61 Å². The minimum atomic E-state index is -0.134. The number of aryl methyl sites for hydroxylation is 1. The van der Waals surface area contributed by atoms with Gasteiger partial charge in [-0.2, -0.15) is 5.10 Å². The average molecular weight is 263 g/mol. The van der Waals surface area contributed by atoms with E-state index in [4.69, 9.17) is 12.2 Å². The number of nitrogens with one attached hydrogen (secondary N) is 1. The Hall–Kier alpha value is -1.46. The van der Waals surface area contributed by atoms with Crippen LogP contribution >= 0.6 is 12.2 Å². The van der Waals surface area contributed by atoms with E-state index in [2.05, 4.69) is 29.3 Å². The Kier molecular flexibility index (Phi) is 4.28. The molecule has 0 unspecified atom stereocenters. The van der Waals surface area contributed by atoms with Crippen LogP contribution in [0, 0.1) is 4.77 Å². The lowest BCUT2D eigenvalue weighted by molar-refractivity contribution is 0.269. The first-order valence-corrected chi connectivity index (χ1v) is 6.53. The Morgan fingerprint density at radius 3 is 2.67 bits per heavy atom. The van der Waals surface area contributed by atoms with Gasteiger partial charge in [-0.3, -0.25) is 9.67 Å². The summed E-state index contributed by atoms with van der Waals surface area (Å²) >= 11 is 5.16. The standard InChI is InChI=1S/C13H17N3OS/c1-2-3-4-10-5-7-11(8-6-10)16-12(9-17)14-15-13(16)18/h5-8,17H,2-4,9H2,1H3,(H,15,18). The van der Waals surface area contributed by atoms with Crippen LogP contribution < -0.4 is 0 Å². The van der Waals surface area contributed by atoms with Gasteiger partial charge in [-0.05, 0) is 42.8 Å². The van der Waals surface area contributed by atoms with Gasteiger partial charge in [0, 0.05) is 5.69 Å². The molecule has 2 aromatic rings. The van der Waals surface area contributed by atoms with E-state index < -0.39 is 0 Å². The molecule has 2 rings (SSSR count). The van der Waals surface area contributed by atoms with Crippen molar-refractivity contribution in [2.24, 2.45) is 0 Å². The molecule has 0 aliphatic rings. The average Bonchev–Trinajstić information content (AvgIpc) is 2.78. The highest BCUT2D eigenvalue weighted by Crippen LogP contribution is 2.14. The molecule has 1 aromatic heterocycles. The molecule has 0 saturated carbocycles. The third-order valence-corrected chi connectivity index (χ3v) is 3.17. The zero-order valence-corrected chi connectivity index (χ0v) is 11.2. The van der Waals surface area contributed by atoms with Gasteiger partial charge < -0.3 is 5.11 Å². The maximum absolute atomic E-state index is 9.21. The minimum absolute atomic E-state index is 0.134. The maximum atomic E-state index is 9.21. The van der Waals surface area contributed by atoms with Gasteiger partial charge in [0.2, 0.25) is 0 Å². The van der Waals surface area contributed by atoms with Crippen LogP contribution in [0.15, 0.2) is 24.3 Å². The highest BCUT2D eigenvalue weighted by Gasteiger charge is 2.06. The van der Waals surface area contributed by atoms with Crippen molar-refractivity contribution in [2.75, 3.05) is 0 Å². The number of hydrogen-bond acceptors (Lipinski definition) is 3. The van der Waals surface area contributed by atoms with Crippen molar-refractivity contribution in [3.63, 3.8) is 0 Å². The number of benzene rings is 1. The molecule has 4 nitrogen and oxygen atoms in total. The molecule has 5 heteroatoms. The van der Waals surface area contributed by atoms with Crippen molar-refractivity contribution in [1.82, 2.24) is 14.8 Å². The highest BCUT2D eigenvalue weighted by atomic mass is 32.1. The number of aromatic nitrogens is 3. The van der Waals surface area contributed by atoms with Gasteiger partial charge in [0.15, 0.2) is 10.6 Å². The molecular formula is C13H17N3OS. The number of H-pyrrole nitrogens is 1. The monoisotopic (exact) mass is 263 g/mol. The smallest absolute Gasteiger partial charge is 0.199 e. The van der Waals surface area contributed by atoms with E-state index >= 15 is 0 Å². The number of aliphatic hydroxyl groups excluding tert-OH is 1.